The highest BCUT2D eigenvalue weighted by molar-refractivity contribution is 5.36. The Hall–Kier alpha value is -1.38. The highest BCUT2D eigenvalue weighted by Gasteiger charge is 1.93. The number of fused-ring (bicyclic) bond motifs is 1. The van der Waals surface area contributed by atoms with E-state index in [4.69, 9.17) is 0 Å². The van der Waals surface area contributed by atoms with E-state index in [0.717, 1.165) is 11.5 Å². The van der Waals surface area contributed by atoms with Crippen LogP contribution in [-0.2, 0) is 0 Å². The van der Waals surface area contributed by atoms with Gasteiger partial charge in [-0.05, 0) is 13.0 Å². The normalized spacial score (nSPS) is 10.5. The molecule has 0 radical (unpaired) electrons. The number of aromatic nitrogens is 3. The average molecular weight is 133 g/mol. The second-order valence-electron chi connectivity index (χ2n) is 2.15. The van der Waals surface area contributed by atoms with Gasteiger partial charge in [0, 0.05) is 18.6 Å². The van der Waals surface area contributed by atoms with Crippen molar-refractivity contribution in [1.29, 1.82) is 0 Å². The Balaban J connectivity index is 2.95. The Morgan fingerprint density at radius 3 is 3.00 bits per heavy atom. The molecule has 50 valence electrons. The first-order valence-corrected chi connectivity index (χ1v) is 3.12. The summed E-state index contributed by atoms with van der Waals surface area (Å²) >= 11 is 0. The molecule has 0 unspecified atom stereocenters. The lowest BCUT2D eigenvalue weighted by molar-refractivity contribution is 0.988. The van der Waals surface area contributed by atoms with Gasteiger partial charge in [-0.3, -0.25) is 4.40 Å². The lowest BCUT2D eigenvalue weighted by atomic mass is 10.5. The van der Waals surface area contributed by atoms with Crippen molar-refractivity contribution in [3.8, 4) is 0 Å². The summed E-state index contributed by atoms with van der Waals surface area (Å²) in [5, 5.41) is 0. The molecule has 10 heavy (non-hydrogen) atoms. The summed E-state index contributed by atoms with van der Waals surface area (Å²) in [5.74, 6) is 0.968. The Morgan fingerprint density at radius 1 is 1.30 bits per heavy atom. The number of rotatable bonds is 0. The zero-order valence-corrected chi connectivity index (χ0v) is 5.65. The van der Waals surface area contributed by atoms with Crippen LogP contribution in [0.5, 0.6) is 0 Å². The summed E-state index contributed by atoms with van der Waals surface area (Å²) in [5.41, 5.74) is 0.951. The minimum Gasteiger partial charge on any atom is -0.288 e. The van der Waals surface area contributed by atoms with Crippen molar-refractivity contribution in [3.05, 3.63) is 30.5 Å². The van der Waals surface area contributed by atoms with Gasteiger partial charge in [-0.25, -0.2) is 9.97 Å². The van der Waals surface area contributed by atoms with Crippen molar-refractivity contribution < 1.29 is 0 Å². The monoisotopic (exact) mass is 133 g/mol. The molecule has 0 aliphatic heterocycles. The molecule has 0 aromatic carbocycles. The maximum atomic E-state index is 4.10. The van der Waals surface area contributed by atoms with Gasteiger partial charge >= 0.3 is 0 Å². The number of hydrogen-bond donors (Lipinski definition) is 0. The second-order valence-corrected chi connectivity index (χ2v) is 2.15. The zero-order valence-electron chi connectivity index (χ0n) is 5.65. The molecule has 0 fully saturated rings. The number of nitrogens with zero attached hydrogens (tertiary/aromatic N) is 3. The number of aryl methyl sites for hydroxylation is 1. The molecule has 0 aliphatic carbocycles. The third-order valence-electron chi connectivity index (χ3n) is 1.50. The molecular formula is C7H7N3. The first-order chi connectivity index (χ1) is 4.88. The van der Waals surface area contributed by atoms with Crippen molar-refractivity contribution in [3.63, 3.8) is 0 Å². The first-order valence-electron chi connectivity index (χ1n) is 3.12. The van der Waals surface area contributed by atoms with Gasteiger partial charge in [0.05, 0.1) is 0 Å². The SMILES string of the molecule is Cc1nccc2nccn12. The van der Waals surface area contributed by atoms with Gasteiger partial charge in [0.25, 0.3) is 0 Å². The highest BCUT2D eigenvalue weighted by atomic mass is 15.0. The van der Waals surface area contributed by atoms with Gasteiger partial charge in [0.15, 0.2) is 0 Å². The van der Waals surface area contributed by atoms with Crippen LogP contribution in [-0.4, -0.2) is 14.4 Å². The largest absolute Gasteiger partial charge is 0.288 e. The van der Waals surface area contributed by atoms with Crippen molar-refractivity contribution >= 4 is 5.65 Å². The van der Waals surface area contributed by atoms with Gasteiger partial charge in [-0.1, -0.05) is 0 Å². The molecule has 2 rings (SSSR count). The first kappa shape index (κ1) is 5.41. The fourth-order valence-corrected chi connectivity index (χ4v) is 0.986. The summed E-state index contributed by atoms with van der Waals surface area (Å²) in [6.45, 7) is 1.95. The molecule has 2 heterocycles. The van der Waals surface area contributed by atoms with E-state index in [1.807, 2.05) is 23.6 Å². The topological polar surface area (TPSA) is 30.2 Å². The molecule has 0 amide bonds. The van der Waals surface area contributed by atoms with Crippen LogP contribution in [0, 0.1) is 6.92 Å². The molecule has 2 aromatic rings. The van der Waals surface area contributed by atoms with E-state index < -0.39 is 0 Å². The van der Waals surface area contributed by atoms with E-state index in [1.54, 1.807) is 12.4 Å². The van der Waals surface area contributed by atoms with Crippen LogP contribution in [0.1, 0.15) is 5.82 Å². The molecule has 3 heteroatoms. The van der Waals surface area contributed by atoms with E-state index in [9.17, 15) is 0 Å². The lowest BCUT2D eigenvalue weighted by Gasteiger charge is -1.94. The van der Waals surface area contributed by atoms with E-state index >= 15 is 0 Å². The van der Waals surface area contributed by atoms with Crippen LogP contribution in [0.25, 0.3) is 5.65 Å². The van der Waals surface area contributed by atoms with Crippen molar-refractivity contribution in [2.45, 2.75) is 6.92 Å². The van der Waals surface area contributed by atoms with E-state index in [2.05, 4.69) is 9.97 Å². The number of imidazole rings is 1. The van der Waals surface area contributed by atoms with E-state index in [-0.39, 0.29) is 0 Å². The molecule has 0 spiro atoms. The Morgan fingerprint density at radius 2 is 2.20 bits per heavy atom. The summed E-state index contributed by atoms with van der Waals surface area (Å²) < 4.78 is 1.94. The molecule has 0 saturated heterocycles. The predicted molar refractivity (Wildman–Crippen MR) is 37.7 cm³/mol. The number of hydrogen-bond acceptors (Lipinski definition) is 2. The fourth-order valence-electron chi connectivity index (χ4n) is 0.986. The summed E-state index contributed by atoms with van der Waals surface area (Å²) in [7, 11) is 0. The predicted octanol–water partition coefficient (Wildman–Crippen LogP) is 1.04. The summed E-state index contributed by atoms with van der Waals surface area (Å²) in [6.07, 6.45) is 5.43. The van der Waals surface area contributed by atoms with Crippen LogP contribution in [0.2, 0.25) is 0 Å². The van der Waals surface area contributed by atoms with Crippen LogP contribution in [0.3, 0.4) is 0 Å². The quantitative estimate of drug-likeness (QED) is 0.537. The maximum Gasteiger partial charge on any atom is 0.139 e. The molecular weight excluding hydrogens is 126 g/mol. The van der Waals surface area contributed by atoms with Crippen LogP contribution in [0.15, 0.2) is 24.7 Å². The average Bonchev–Trinajstić information content (AvgIpc) is 2.36. The lowest BCUT2D eigenvalue weighted by Crippen LogP contribution is -1.91. The molecule has 0 atom stereocenters. The highest BCUT2D eigenvalue weighted by Crippen LogP contribution is 1.99. The Bertz CT molecular complexity index is 350. The molecule has 0 aliphatic rings. The molecule has 0 saturated carbocycles. The second kappa shape index (κ2) is 1.80. The van der Waals surface area contributed by atoms with Crippen molar-refractivity contribution in [2.75, 3.05) is 0 Å². The van der Waals surface area contributed by atoms with E-state index in [0.29, 0.717) is 0 Å². The van der Waals surface area contributed by atoms with Gasteiger partial charge in [-0.2, -0.15) is 0 Å². The maximum absolute atomic E-state index is 4.10. The minimum absolute atomic E-state index is 0.951. The molecule has 0 N–H and O–H groups in total. The third kappa shape index (κ3) is 0.603. The smallest absolute Gasteiger partial charge is 0.139 e. The van der Waals surface area contributed by atoms with Crippen LogP contribution < -0.4 is 0 Å². The zero-order chi connectivity index (χ0) is 6.97. The van der Waals surface area contributed by atoms with E-state index in [1.165, 1.54) is 0 Å². The standard InChI is InChI=1S/C7H7N3/c1-6-8-3-2-7-9-4-5-10(6)7/h2-5H,1H3. The van der Waals surface area contributed by atoms with Gasteiger partial charge < -0.3 is 0 Å². The molecule has 2 aromatic heterocycles. The van der Waals surface area contributed by atoms with Crippen molar-refractivity contribution in [2.24, 2.45) is 0 Å². The van der Waals surface area contributed by atoms with Gasteiger partial charge in [-0.15, -0.1) is 0 Å². The molecule has 0 bridgehead atoms. The van der Waals surface area contributed by atoms with Gasteiger partial charge in [0.1, 0.15) is 11.5 Å². The fraction of sp³-hybridized carbons (Fsp3) is 0.143. The van der Waals surface area contributed by atoms with Crippen LogP contribution in [0.4, 0.5) is 0 Å². The van der Waals surface area contributed by atoms with Crippen LogP contribution >= 0.6 is 0 Å². The minimum atomic E-state index is 0.951. The van der Waals surface area contributed by atoms with Gasteiger partial charge in [0.2, 0.25) is 0 Å². The molecule has 3 nitrogen and oxygen atoms in total. The third-order valence-corrected chi connectivity index (χ3v) is 1.50. The summed E-state index contributed by atoms with van der Waals surface area (Å²) in [6, 6.07) is 1.88. The Kier molecular flexibility index (Phi) is 0.974. The van der Waals surface area contributed by atoms with Crippen molar-refractivity contribution in [1.82, 2.24) is 14.4 Å². The Labute approximate surface area is 58.4 Å². The summed E-state index contributed by atoms with van der Waals surface area (Å²) in [4.78, 5) is 8.20.